The van der Waals surface area contributed by atoms with Gasteiger partial charge in [0, 0.05) is 5.38 Å². The molecule has 0 fully saturated rings. The molecule has 1 aromatic rings. The molecule has 1 heterocycles. The highest BCUT2D eigenvalue weighted by molar-refractivity contribution is 7.03. The average Bonchev–Trinajstić information content (AvgIpc) is 2.12. The van der Waals surface area contributed by atoms with Crippen LogP contribution in [0.4, 0.5) is 0 Å². The van der Waals surface area contributed by atoms with Crippen LogP contribution in [0.5, 0.6) is 0 Å². The van der Waals surface area contributed by atoms with E-state index in [2.05, 4.69) is 37.4 Å². The maximum absolute atomic E-state index is 4.24. The van der Waals surface area contributed by atoms with Crippen molar-refractivity contribution < 1.29 is 0 Å². The monoisotopic (exact) mass is 169 g/mol. The molecule has 0 bridgehead atoms. The fourth-order valence-corrected chi connectivity index (χ4v) is 1.76. The summed E-state index contributed by atoms with van der Waals surface area (Å²) in [7, 11) is 0. The van der Waals surface area contributed by atoms with Crippen LogP contribution in [0.2, 0.25) is 0 Å². The molecule has 0 aliphatic heterocycles. The van der Waals surface area contributed by atoms with Gasteiger partial charge in [0.1, 0.15) is 0 Å². The van der Waals surface area contributed by atoms with Crippen LogP contribution in [0.15, 0.2) is 5.38 Å². The number of aromatic nitrogens is 1. The Bertz CT molecular complexity index is 232. The Morgan fingerprint density at radius 2 is 2.09 bits per heavy atom. The molecule has 0 radical (unpaired) electrons. The van der Waals surface area contributed by atoms with Crippen molar-refractivity contribution in [2.45, 2.75) is 34.1 Å². The van der Waals surface area contributed by atoms with E-state index in [1.807, 2.05) is 0 Å². The molecule has 0 aliphatic rings. The molecule has 0 unspecified atom stereocenters. The maximum Gasteiger partial charge on any atom is 0.0543 e. The molecule has 0 N–H and O–H groups in total. The van der Waals surface area contributed by atoms with Gasteiger partial charge in [-0.15, -0.1) is 0 Å². The highest BCUT2D eigenvalue weighted by Crippen LogP contribution is 2.23. The van der Waals surface area contributed by atoms with Crippen molar-refractivity contribution in [3.63, 3.8) is 0 Å². The summed E-state index contributed by atoms with van der Waals surface area (Å²) in [6, 6.07) is 0. The Balaban J connectivity index is 2.72. The predicted octanol–water partition coefficient (Wildman–Crippen LogP) is 3.04. The van der Waals surface area contributed by atoms with E-state index in [1.54, 1.807) is 11.5 Å². The lowest BCUT2D eigenvalue weighted by Gasteiger charge is -2.16. The first kappa shape index (κ1) is 8.72. The Kier molecular flexibility index (Phi) is 2.33. The molecule has 1 rings (SSSR count). The fourth-order valence-electron chi connectivity index (χ4n) is 1.05. The molecule has 1 nitrogen and oxygen atoms in total. The van der Waals surface area contributed by atoms with Gasteiger partial charge in [-0.1, -0.05) is 20.8 Å². The Labute approximate surface area is 72.6 Å². The lowest BCUT2D eigenvalue weighted by Crippen LogP contribution is -2.09. The van der Waals surface area contributed by atoms with Gasteiger partial charge in [0.2, 0.25) is 0 Å². The van der Waals surface area contributed by atoms with Gasteiger partial charge >= 0.3 is 0 Å². The zero-order valence-electron chi connectivity index (χ0n) is 7.64. The molecule has 11 heavy (non-hydrogen) atoms. The number of nitrogens with zero attached hydrogens (tertiary/aromatic N) is 1. The van der Waals surface area contributed by atoms with Crippen LogP contribution in [0, 0.1) is 12.3 Å². The van der Waals surface area contributed by atoms with Crippen molar-refractivity contribution in [2.24, 2.45) is 5.41 Å². The number of hydrogen-bond donors (Lipinski definition) is 0. The standard InChI is InChI=1S/C9H15NS/c1-7-8(6-11-10-7)5-9(2,3)4/h6H,5H2,1-4H3. The second-order valence-electron chi connectivity index (χ2n) is 4.16. The smallest absolute Gasteiger partial charge is 0.0543 e. The van der Waals surface area contributed by atoms with Crippen LogP contribution in [-0.4, -0.2) is 4.37 Å². The normalized spacial score (nSPS) is 12.0. The van der Waals surface area contributed by atoms with Crippen molar-refractivity contribution in [3.05, 3.63) is 16.6 Å². The maximum atomic E-state index is 4.24. The van der Waals surface area contributed by atoms with E-state index in [9.17, 15) is 0 Å². The zero-order valence-corrected chi connectivity index (χ0v) is 8.46. The minimum atomic E-state index is 0.382. The van der Waals surface area contributed by atoms with E-state index in [-0.39, 0.29) is 0 Å². The number of hydrogen-bond acceptors (Lipinski definition) is 2. The third kappa shape index (κ3) is 2.62. The van der Waals surface area contributed by atoms with Crippen molar-refractivity contribution in [3.8, 4) is 0 Å². The minimum absolute atomic E-state index is 0.382. The van der Waals surface area contributed by atoms with Gasteiger partial charge in [0.05, 0.1) is 5.69 Å². The summed E-state index contributed by atoms with van der Waals surface area (Å²) in [4.78, 5) is 0. The summed E-state index contributed by atoms with van der Waals surface area (Å²) in [6.07, 6.45) is 1.13. The summed E-state index contributed by atoms with van der Waals surface area (Å²) in [6.45, 7) is 8.84. The van der Waals surface area contributed by atoms with E-state index in [0.29, 0.717) is 5.41 Å². The second-order valence-corrected chi connectivity index (χ2v) is 4.79. The molecular weight excluding hydrogens is 154 g/mol. The summed E-state index contributed by atoms with van der Waals surface area (Å²) in [5.41, 5.74) is 2.99. The SMILES string of the molecule is Cc1nscc1CC(C)(C)C. The van der Waals surface area contributed by atoms with E-state index in [0.717, 1.165) is 6.42 Å². The molecular formula is C9H15NS. The Morgan fingerprint density at radius 1 is 1.45 bits per heavy atom. The highest BCUT2D eigenvalue weighted by atomic mass is 32.1. The van der Waals surface area contributed by atoms with Gasteiger partial charge in [0.15, 0.2) is 0 Å². The fraction of sp³-hybridized carbons (Fsp3) is 0.667. The second kappa shape index (κ2) is 2.94. The molecule has 2 heteroatoms. The van der Waals surface area contributed by atoms with E-state index in [1.165, 1.54) is 11.3 Å². The molecule has 0 aliphatic carbocycles. The van der Waals surface area contributed by atoms with Gasteiger partial charge in [-0.2, -0.15) is 4.37 Å². The third-order valence-corrected chi connectivity index (χ3v) is 2.34. The Hall–Kier alpha value is -0.370. The predicted molar refractivity (Wildman–Crippen MR) is 50.0 cm³/mol. The van der Waals surface area contributed by atoms with Crippen molar-refractivity contribution in [1.29, 1.82) is 0 Å². The summed E-state index contributed by atoms with van der Waals surface area (Å²) in [5, 5.41) is 2.15. The zero-order chi connectivity index (χ0) is 8.48. The van der Waals surface area contributed by atoms with Gasteiger partial charge in [0.25, 0.3) is 0 Å². The lowest BCUT2D eigenvalue weighted by atomic mass is 9.89. The van der Waals surface area contributed by atoms with Gasteiger partial charge in [-0.25, -0.2) is 0 Å². The van der Waals surface area contributed by atoms with Crippen LogP contribution in [0.1, 0.15) is 32.0 Å². The van der Waals surface area contributed by atoms with Crippen LogP contribution in [0.25, 0.3) is 0 Å². The Morgan fingerprint density at radius 3 is 2.45 bits per heavy atom. The molecule has 0 aromatic carbocycles. The number of aryl methyl sites for hydroxylation is 1. The van der Waals surface area contributed by atoms with Crippen LogP contribution < -0.4 is 0 Å². The van der Waals surface area contributed by atoms with Gasteiger partial charge in [-0.3, -0.25) is 0 Å². The lowest BCUT2D eigenvalue weighted by molar-refractivity contribution is 0.410. The van der Waals surface area contributed by atoms with Crippen molar-refractivity contribution >= 4 is 11.5 Å². The quantitative estimate of drug-likeness (QED) is 0.629. The first-order valence-electron chi connectivity index (χ1n) is 3.89. The third-order valence-electron chi connectivity index (χ3n) is 1.57. The van der Waals surface area contributed by atoms with Crippen LogP contribution in [0.3, 0.4) is 0 Å². The first-order valence-corrected chi connectivity index (χ1v) is 4.72. The largest absolute Gasteiger partial charge is 0.198 e. The molecule has 0 amide bonds. The molecule has 0 atom stereocenters. The molecule has 1 aromatic heterocycles. The molecule has 0 spiro atoms. The topological polar surface area (TPSA) is 12.9 Å². The minimum Gasteiger partial charge on any atom is -0.198 e. The van der Waals surface area contributed by atoms with Gasteiger partial charge < -0.3 is 0 Å². The van der Waals surface area contributed by atoms with Gasteiger partial charge in [-0.05, 0) is 35.9 Å². The van der Waals surface area contributed by atoms with E-state index in [4.69, 9.17) is 0 Å². The highest BCUT2D eigenvalue weighted by Gasteiger charge is 2.13. The average molecular weight is 169 g/mol. The van der Waals surface area contributed by atoms with Crippen LogP contribution >= 0.6 is 11.5 Å². The van der Waals surface area contributed by atoms with Crippen LogP contribution in [-0.2, 0) is 6.42 Å². The molecule has 0 saturated heterocycles. The van der Waals surface area contributed by atoms with Crippen molar-refractivity contribution in [2.75, 3.05) is 0 Å². The number of rotatable bonds is 1. The summed E-state index contributed by atoms with van der Waals surface area (Å²) >= 11 is 1.56. The first-order chi connectivity index (χ1) is 4.99. The van der Waals surface area contributed by atoms with Crippen molar-refractivity contribution in [1.82, 2.24) is 4.37 Å². The van der Waals surface area contributed by atoms with E-state index < -0.39 is 0 Å². The molecule has 62 valence electrons. The van der Waals surface area contributed by atoms with E-state index >= 15 is 0 Å². The summed E-state index contributed by atoms with van der Waals surface area (Å²) in [5.74, 6) is 0. The summed E-state index contributed by atoms with van der Waals surface area (Å²) < 4.78 is 4.24. The molecule has 0 saturated carbocycles.